The van der Waals surface area contributed by atoms with E-state index in [-0.39, 0.29) is 39.4 Å². The van der Waals surface area contributed by atoms with Crippen LogP contribution in [-0.2, 0) is 38.0 Å². The summed E-state index contributed by atoms with van der Waals surface area (Å²) in [5.41, 5.74) is -0.846. The van der Waals surface area contributed by atoms with Gasteiger partial charge in [0.05, 0.1) is 24.7 Å². The van der Waals surface area contributed by atoms with Crippen LogP contribution in [-0.4, -0.2) is 168 Å². The second kappa shape index (κ2) is 17.2. The van der Waals surface area contributed by atoms with Crippen LogP contribution >= 0.6 is 0 Å². The molecular weight excluding hydrogens is 852 g/mol. The molecule has 0 radical (unpaired) electrons. The van der Waals surface area contributed by atoms with Gasteiger partial charge in [-0.1, -0.05) is 60.1 Å². The average molecular weight is 927 g/mol. The lowest BCUT2D eigenvalue weighted by Crippen LogP contribution is -2.67. The Morgan fingerprint density at radius 3 is 2.06 bits per heavy atom. The topological polar surface area (TPSA) is 292 Å². The maximum absolute atomic E-state index is 14.7. The van der Waals surface area contributed by atoms with Crippen LogP contribution in [0.4, 0.5) is 0 Å². The van der Waals surface area contributed by atoms with Gasteiger partial charge in [-0.05, 0) is 109 Å². The Kier molecular flexibility index (Phi) is 13.1. The first-order valence-electron chi connectivity index (χ1n) is 23.7. The van der Waals surface area contributed by atoms with E-state index >= 15 is 0 Å². The van der Waals surface area contributed by atoms with Crippen LogP contribution in [0.25, 0.3) is 0 Å². The molecule has 0 bridgehead atoms. The van der Waals surface area contributed by atoms with Crippen molar-refractivity contribution in [2.75, 3.05) is 13.2 Å². The molecule has 3 saturated heterocycles. The fourth-order valence-corrected chi connectivity index (χ4v) is 14.7. The fourth-order valence-electron chi connectivity index (χ4n) is 14.7. The summed E-state index contributed by atoms with van der Waals surface area (Å²) < 4.78 is 35.1. The van der Waals surface area contributed by atoms with Crippen molar-refractivity contribution in [3.05, 3.63) is 11.6 Å². The van der Waals surface area contributed by atoms with Crippen LogP contribution in [0, 0.1) is 50.2 Å². The quantitative estimate of drug-likeness (QED) is 0.0918. The predicted molar refractivity (Wildman–Crippen MR) is 225 cm³/mol. The lowest BCUT2D eigenvalue weighted by molar-refractivity contribution is -0.357. The Balaban J connectivity index is 1.03. The third-order valence-electron chi connectivity index (χ3n) is 18.9. The predicted octanol–water partition coefficient (Wildman–Crippen LogP) is 0.872. The minimum absolute atomic E-state index is 0.0677. The lowest BCUT2D eigenvalue weighted by atomic mass is 9.33. The van der Waals surface area contributed by atoms with E-state index in [4.69, 9.17) is 28.4 Å². The molecule has 18 heteroatoms. The zero-order chi connectivity index (χ0) is 47.6. The van der Waals surface area contributed by atoms with Gasteiger partial charge >= 0.3 is 11.9 Å². The van der Waals surface area contributed by atoms with Gasteiger partial charge < -0.3 is 79.5 Å². The molecule has 5 aliphatic carbocycles. The number of aliphatic hydroxyl groups excluding tert-OH is 9. The number of fused-ring (bicyclic) bond motifs is 7. The molecule has 3 aliphatic heterocycles. The minimum Gasteiger partial charge on any atom is -0.479 e. The van der Waals surface area contributed by atoms with Gasteiger partial charge in [0.1, 0.15) is 61.0 Å². The van der Waals surface area contributed by atoms with Crippen molar-refractivity contribution in [1.29, 1.82) is 0 Å². The maximum atomic E-state index is 14.7. The van der Waals surface area contributed by atoms with Gasteiger partial charge in [-0.2, -0.15) is 0 Å². The first-order valence-corrected chi connectivity index (χ1v) is 23.7. The highest BCUT2D eigenvalue weighted by atomic mass is 16.7. The van der Waals surface area contributed by atoms with E-state index in [1.54, 1.807) is 0 Å². The molecule has 4 saturated carbocycles. The third-order valence-corrected chi connectivity index (χ3v) is 18.9. The van der Waals surface area contributed by atoms with Crippen LogP contribution in [0.2, 0.25) is 0 Å². The molecule has 0 spiro atoms. The Bertz CT molecular complexity index is 1820. The van der Waals surface area contributed by atoms with Gasteiger partial charge in [-0.3, -0.25) is 4.79 Å². The smallest absolute Gasteiger partial charge is 0.335 e. The number of carboxylic acid groups (broad SMARTS) is 1. The second-order valence-electron chi connectivity index (χ2n) is 23.1. The minimum atomic E-state index is -1.90. The van der Waals surface area contributed by atoms with E-state index in [0.717, 1.165) is 44.9 Å². The zero-order valence-corrected chi connectivity index (χ0v) is 38.7. The number of carbonyl (C=O) groups excluding carboxylic acids is 1. The number of carboxylic acids is 1. The van der Waals surface area contributed by atoms with Gasteiger partial charge in [-0.25, -0.2) is 4.79 Å². The SMILES string of the molecule is CC1(C)CC[C@]2(C(=O)O[C@H]3O[C@@H](CO)[C@H](O)[C@@H](O)[C@@H]3O)CC[C@]3(C)C(=CC[C@@H]4[C@@]5(C)CC[C@H](O[C@@H]6O[C@H](C(=O)O)[C@@H](O)[C@H](O[C@@H]7OC[C@H](O)[C@H](O)[C@H]7O)[C@H]6O)C(C)(C)[C@@H]5CC[C@]43C)[C@@H]2C1. The van der Waals surface area contributed by atoms with Crippen molar-refractivity contribution in [2.45, 2.75) is 205 Å². The van der Waals surface area contributed by atoms with Gasteiger partial charge in [0.2, 0.25) is 6.29 Å². The van der Waals surface area contributed by atoms with Crippen LogP contribution in [0.3, 0.4) is 0 Å². The van der Waals surface area contributed by atoms with E-state index < -0.39 is 128 Å². The Morgan fingerprint density at radius 2 is 1.38 bits per heavy atom. The number of hydrogen-bond acceptors (Lipinski definition) is 17. The molecule has 65 heavy (non-hydrogen) atoms. The van der Waals surface area contributed by atoms with E-state index in [1.165, 1.54) is 5.57 Å². The van der Waals surface area contributed by atoms with E-state index in [2.05, 4.69) is 54.5 Å². The lowest BCUT2D eigenvalue weighted by Gasteiger charge is -2.71. The van der Waals surface area contributed by atoms with E-state index in [9.17, 15) is 60.7 Å². The Morgan fingerprint density at radius 1 is 0.708 bits per heavy atom. The highest BCUT2D eigenvalue weighted by Crippen LogP contribution is 2.76. The fraction of sp³-hybridized carbons (Fsp3) is 0.915. The van der Waals surface area contributed by atoms with Gasteiger partial charge in [-0.15, -0.1) is 0 Å². The van der Waals surface area contributed by atoms with Gasteiger partial charge in [0.25, 0.3) is 0 Å². The van der Waals surface area contributed by atoms with Crippen LogP contribution in [0.5, 0.6) is 0 Å². The van der Waals surface area contributed by atoms with Crippen molar-refractivity contribution in [3.63, 3.8) is 0 Å². The summed E-state index contributed by atoms with van der Waals surface area (Å²) in [5, 5.41) is 105. The molecular formula is C47H74O18. The molecule has 10 N–H and O–H groups in total. The number of aliphatic carboxylic acids is 1. The second-order valence-corrected chi connectivity index (χ2v) is 23.1. The molecule has 0 aromatic rings. The number of allylic oxidation sites excluding steroid dienone is 2. The summed E-state index contributed by atoms with van der Waals surface area (Å²) in [6.07, 6.45) is -13.7. The molecule has 8 aliphatic rings. The van der Waals surface area contributed by atoms with Crippen molar-refractivity contribution in [2.24, 2.45) is 50.2 Å². The van der Waals surface area contributed by atoms with Crippen LogP contribution in [0.1, 0.15) is 113 Å². The first kappa shape index (κ1) is 49.5. The number of aliphatic hydroxyl groups is 9. The molecule has 370 valence electrons. The summed E-state index contributed by atoms with van der Waals surface area (Å²) in [4.78, 5) is 27.0. The first-order chi connectivity index (χ1) is 30.3. The van der Waals surface area contributed by atoms with Crippen molar-refractivity contribution in [1.82, 2.24) is 0 Å². The van der Waals surface area contributed by atoms with Crippen molar-refractivity contribution in [3.8, 4) is 0 Å². The van der Waals surface area contributed by atoms with Gasteiger partial charge in [0, 0.05) is 0 Å². The Hall–Kier alpha value is -1.88. The molecule has 8 rings (SSSR count). The molecule has 7 fully saturated rings. The Labute approximate surface area is 380 Å². The summed E-state index contributed by atoms with van der Waals surface area (Å²) in [6.45, 7) is 14.9. The molecule has 0 aromatic heterocycles. The largest absolute Gasteiger partial charge is 0.479 e. The number of hydrogen-bond donors (Lipinski definition) is 10. The zero-order valence-electron chi connectivity index (χ0n) is 38.7. The molecule has 0 amide bonds. The molecule has 0 aromatic carbocycles. The molecule has 18 nitrogen and oxygen atoms in total. The van der Waals surface area contributed by atoms with E-state index in [0.29, 0.717) is 19.3 Å². The number of ether oxygens (including phenoxy) is 6. The summed E-state index contributed by atoms with van der Waals surface area (Å²) in [6, 6.07) is 0. The third kappa shape index (κ3) is 7.76. The van der Waals surface area contributed by atoms with E-state index in [1.807, 2.05) is 0 Å². The highest BCUT2D eigenvalue weighted by Gasteiger charge is 2.70. The average Bonchev–Trinajstić information content (AvgIpc) is 3.24. The molecule has 22 atom stereocenters. The number of carbonyl (C=O) groups is 2. The molecule has 3 heterocycles. The monoisotopic (exact) mass is 926 g/mol. The van der Waals surface area contributed by atoms with Crippen LogP contribution in [0.15, 0.2) is 11.6 Å². The van der Waals surface area contributed by atoms with Crippen molar-refractivity contribution >= 4 is 11.9 Å². The summed E-state index contributed by atoms with van der Waals surface area (Å²) >= 11 is 0. The van der Waals surface area contributed by atoms with Gasteiger partial charge in [0.15, 0.2) is 18.7 Å². The summed E-state index contributed by atoms with van der Waals surface area (Å²) in [5.74, 6) is -1.80. The van der Waals surface area contributed by atoms with Crippen molar-refractivity contribution < 1.29 is 89.1 Å². The number of esters is 1. The van der Waals surface area contributed by atoms with Crippen LogP contribution < -0.4 is 0 Å². The molecule has 0 unspecified atom stereocenters. The standard InChI is InChI=1S/C47H74O18/c1-42(2)14-16-47(41(59)65-39-32(54)30(52)29(51)24(19-48)61-39)17-15-45(6)21(22(47)18-42)8-9-26-44(5)12-11-27(43(3,4)25(44)10-13-46(26,45)7)62-40-34(56)35(33(55)36(64-40)37(57)58)63-38-31(53)28(50)23(49)20-60-38/h8,22-36,38-40,48-56H,9-20H2,1-7H3,(H,57,58)/t22-,23-,24-,25-,26+,27-,28-,29-,30+,31+,32-,33-,34+,35-,36-,38-,39+,40+,44-,45+,46+,47-/m0/s1. The number of rotatable bonds is 8. The highest BCUT2D eigenvalue weighted by molar-refractivity contribution is 5.79. The maximum Gasteiger partial charge on any atom is 0.335 e. The summed E-state index contributed by atoms with van der Waals surface area (Å²) in [7, 11) is 0. The normalized spacial score (nSPS) is 52.7.